The molecule has 0 aromatic heterocycles. The van der Waals surface area contributed by atoms with Crippen LogP contribution >= 0.6 is 0 Å². The number of nitrogens with zero attached hydrogens (tertiary/aromatic N) is 1. The highest BCUT2D eigenvalue weighted by Crippen LogP contribution is 2.23. The van der Waals surface area contributed by atoms with Crippen LogP contribution in [0, 0.1) is 0 Å². The number of nitrogens with one attached hydrogen (secondary N) is 2. The van der Waals surface area contributed by atoms with Crippen molar-refractivity contribution in [2.75, 3.05) is 13.6 Å². The maximum atomic E-state index is 12.6. The van der Waals surface area contributed by atoms with Crippen molar-refractivity contribution >= 4 is 17.9 Å². The smallest absolute Gasteiger partial charge is 0.408 e. The van der Waals surface area contributed by atoms with Gasteiger partial charge in [0.15, 0.2) is 0 Å². The van der Waals surface area contributed by atoms with E-state index in [2.05, 4.69) is 10.6 Å². The zero-order valence-electron chi connectivity index (χ0n) is 21.5. The molecule has 36 heavy (non-hydrogen) atoms. The lowest BCUT2D eigenvalue weighted by molar-refractivity contribution is -0.129. The number of aliphatic hydroxyl groups excluding tert-OH is 1. The standard InChI is InChI=1S/C28H37N3O5/c1-28(2,3)36-27(35)29-17-25(33)31(4)18-19-6-5-7-22(16-19)20-8-10-21(11-9-20)26(34)30-23-12-14-24(32)15-13-23/h5-11,16,23-24,32H,12-15,17-18H2,1-4H3,(H,29,35)(H,30,34)/t23-,24-. The molecule has 3 amide bonds. The van der Waals surface area contributed by atoms with E-state index in [4.69, 9.17) is 4.74 Å². The van der Waals surface area contributed by atoms with Gasteiger partial charge in [0, 0.05) is 25.2 Å². The number of hydrogen-bond acceptors (Lipinski definition) is 5. The average molecular weight is 496 g/mol. The van der Waals surface area contributed by atoms with Crippen molar-refractivity contribution in [3.63, 3.8) is 0 Å². The van der Waals surface area contributed by atoms with Crippen molar-refractivity contribution < 1.29 is 24.2 Å². The van der Waals surface area contributed by atoms with Crippen LogP contribution in [0.3, 0.4) is 0 Å². The molecule has 194 valence electrons. The van der Waals surface area contributed by atoms with E-state index in [1.165, 1.54) is 0 Å². The first kappa shape index (κ1) is 27.2. The van der Waals surface area contributed by atoms with Crippen LogP contribution in [0.1, 0.15) is 62.4 Å². The van der Waals surface area contributed by atoms with E-state index >= 15 is 0 Å². The Morgan fingerprint density at radius 2 is 1.67 bits per heavy atom. The Morgan fingerprint density at radius 1 is 1.00 bits per heavy atom. The van der Waals surface area contributed by atoms with Gasteiger partial charge in [0.05, 0.1) is 6.10 Å². The Balaban J connectivity index is 1.55. The van der Waals surface area contributed by atoms with Gasteiger partial charge < -0.3 is 25.4 Å². The molecule has 0 bridgehead atoms. The molecular weight excluding hydrogens is 458 g/mol. The lowest BCUT2D eigenvalue weighted by atomic mass is 9.93. The first-order valence-corrected chi connectivity index (χ1v) is 12.4. The van der Waals surface area contributed by atoms with Crippen molar-refractivity contribution in [3.8, 4) is 11.1 Å². The fraction of sp³-hybridized carbons (Fsp3) is 0.464. The van der Waals surface area contributed by atoms with Gasteiger partial charge in [-0.05, 0) is 81.3 Å². The van der Waals surface area contributed by atoms with Crippen LogP contribution < -0.4 is 10.6 Å². The molecule has 0 aliphatic heterocycles. The number of aliphatic hydroxyl groups is 1. The average Bonchev–Trinajstić information content (AvgIpc) is 2.83. The van der Waals surface area contributed by atoms with Crippen LogP contribution in [0.4, 0.5) is 4.79 Å². The summed E-state index contributed by atoms with van der Waals surface area (Å²) in [7, 11) is 1.69. The van der Waals surface area contributed by atoms with E-state index in [1.54, 1.807) is 32.7 Å². The Bertz CT molecular complexity index is 1050. The number of hydrogen-bond donors (Lipinski definition) is 3. The van der Waals surface area contributed by atoms with Crippen LogP contribution in [-0.2, 0) is 16.1 Å². The number of rotatable bonds is 7. The summed E-state index contributed by atoms with van der Waals surface area (Å²) in [6, 6.07) is 15.4. The summed E-state index contributed by atoms with van der Waals surface area (Å²) >= 11 is 0. The van der Waals surface area contributed by atoms with Gasteiger partial charge >= 0.3 is 6.09 Å². The molecule has 0 radical (unpaired) electrons. The van der Waals surface area contributed by atoms with Gasteiger partial charge in [0.25, 0.3) is 5.91 Å². The minimum Gasteiger partial charge on any atom is -0.444 e. The number of carbonyl (C=O) groups excluding carboxylic acids is 3. The molecule has 1 aliphatic rings. The second-order valence-electron chi connectivity index (χ2n) is 10.4. The molecule has 0 spiro atoms. The molecule has 8 heteroatoms. The molecular formula is C28H37N3O5. The predicted octanol–water partition coefficient (Wildman–Crippen LogP) is 3.87. The SMILES string of the molecule is CN(Cc1cccc(-c2ccc(C(=O)N[C@H]3CC[C@H](O)CC3)cc2)c1)C(=O)CNC(=O)OC(C)(C)C. The van der Waals surface area contributed by atoms with E-state index < -0.39 is 11.7 Å². The zero-order chi connectivity index (χ0) is 26.3. The summed E-state index contributed by atoms with van der Waals surface area (Å²) in [5.74, 6) is -0.328. The maximum Gasteiger partial charge on any atom is 0.408 e. The third-order valence-corrected chi connectivity index (χ3v) is 6.07. The van der Waals surface area contributed by atoms with Gasteiger partial charge in [-0.15, -0.1) is 0 Å². The fourth-order valence-corrected chi connectivity index (χ4v) is 4.11. The topological polar surface area (TPSA) is 108 Å². The fourth-order valence-electron chi connectivity index (χ4n) is 4.11. The van der Waals surface area contributed by atoms with Crippen molar-refractivity contribution in [3.05, 3.63) is 59.7 Å². The number of benzene rings is 2. The van der Waals surface area contributed by atoms with Crippen LogP contribution in [-0.4, -0.2) is 59.3 Å². The third kappa shape index (κ3) is 8.37. The van der Waals surface area contributed by atoms with E-state index in [0.29, 0.717) is 12.1 Å². The molecule has 0 atom stereocenters. The van der Waals surface area contributed by atoms with Crippen LogP contribution in [0.25, 0.3) is 11.1 Å². The normalized spacial score (nSPS) is 17.7. The molecule has 0 saturated heterocycles. The Labute approximate surface area is 213 Å². The van der Waals surface area contributed by atoms with E-state index in [9.17, 15) is 19.5 Å². The minimum absolute atomic E-state index is 0.100. The van der Waals surface area contributed by atoms with Gasteiger partial charge in [-0.25, -0.2) is 4.79 Å². The molecule has 0 heterocycles. The molecule has 1 fully saturated rings. The third-order valence-electron chi connectivity index (χ3n) is 6.07. The number of ether oxygens (including phenoxy) is 1. The molecule has 8 nitrogen and oxygen atoms in total. The predicted molar refractivity (Wildman–Crippen MR) is 138 cm³/mol. The second kappa shape index (κ2) is 12.0. The molecule has 3 rings (SSSR count). The summed E-state index contributed by atoms with van der Waals surface area (Å²) in [6.07, 6.45) is 2.17. The highest BCUT2D eigenvalue weighted by molar-refractivity contribution is 5.94. The molecule has 1 saturated carbocycles. The van der Waals surface area contributed by atoms with Gasteiger partial charge in [0.1, 0.15) is 12.1 Å². The van der Waals surface area contributed by atoms with Crippen molar-refractivity contribution in [2.24, 2.45) is 0 Å². The number of alkyl carbamates (subject to hydrolysis) is 1. The minimum atomic E-state index is -0.624. The quantitative estimate of drug-likeness (QED) is 0.541. The zero-order valence-corrected chi connectivity index (χ0v) is 21.5. The summed E-state index contributed by atoms with van der Waals surface area (Å²) < 4.78 is 5.16. The highest BCUT2D eigenvalue weighted by atomic mass is 16.6. The van der Waals surface area contributed by atoms with Crippen LogP contribution in [0.2, 0.25) is 0 Å². The van der Waals surface area contributed by atoms with Crippen molar-refractivity contribution in [1.82, 2.24) is 15.5 Å². The van der Waals surface area contributed by atoms with E-state index in [-0.39, 0.29) is 30.5 Å². The monoisotopic (exact) mass is 495 g/mol. The summed E-state index contributed by atoms with van der Waals surface area (Å²) in [5, 5.41) is 15.2. The Kier molecular flexibility index (Phi) is 9.09. The number of amides is 3. The van der Waals surface area contributed by atoms with Gasteiger partial charge in [-0.1, -0.05) is 30.3 Å². The van der Waals surface area contributed by atoms with Gasteiger partial charge in [-0.3, -0.25) is 9.59 Å². The van der Waals surface area contributed by atoms with Gasteiger partial charge in [0.2, 0.25) is 5.91 Å². The van der Waals surface area contributed by atoms with E-state index in [1.807, 2.05) is 48.5 Å². The first-order chi connectivity index (χ1) is 17.0. The number of likely N-dealkylation sites (N-methyl/N-ethyl adjacent to an activating group) is 1. The van der Waals surface area contributed by atoms with Crippen molar-refractivity contribution in [2.45, 2.75) is 70.7 Å². The van der Waals surface area contributed by atoms with Gasteiger partial charge in [-0.2, -0.15) is 0 Å². The lowest BCUT2D eigenvalue weighted by Crippen LogP contribution is -2.40. The summed E-state index contributed by atoms with van der Waals surface area (Å²) in [4.78, 5) is 38.4. The Hall–Kier alpha value is -3.39. The molecule has 1 aliphatic carbocycles. The maximum absolute atomic E-state index is 12.6. The molecule has 2 aromatic carbocycles. The largest absolute Gasteiger partial charge is 0.444 e. The summed E-state index contributed by atoms with van der Waals surface area (Å²) in [5.41, 5.74) is 2.87. The van der Waals surface area contributed by atoms with E-state index in [0.717, 1.165) is 42.4 Å². The van der Waals surface area contributed by atoms with Crippen LogP contribution in [0.15, 0.2) is 48.5 Å². The lowest BCUT2D eigenvalue weighted by Gasteiger charge is -2.26. The summed E-state index contributed by atoms with van der Waals surface area (Å²) in [6.45, 7) is 5.54. The Morgan fingerprint density at radius 3 is 2.31 bits per heavy atom. The van der Waals surface area contributed by atoms with Crippen molar-refractivity contribution in [1.29, 1.82) is 0 Å². The molecule has 2 aromatic rings. The van der Waals surface area contributed by atoms with Crippen LogP contribution in [0.5, 0.6) is 0 Å². The second-order valence-corrected chi connectivity index (χ2v) is 10.4. The number of carbonyl (C=O) groups is 3. The molecule has 3 N–H and O–H groups in total. The first-order valence-electron chi connectivity index (χ1n) is 12.4. The molecule has 0 unspecified atom stereocenters. The highest BCUT2D eigenvalue weighted by Gasteiger charge is 2.21.